The molecule has 41 heavy (non-hydrogen) atoms. The molecule has 1 fully saturated rings. The van der Waals surface area contributed by atoms with Crippen LogP contribution in [0.25, 0.3) is 27.6 Å². The zero-order chi connectivity index (χ0) is 28.4. The van der Waals surface area contributed by atoms with Crippen LogP contribution in [0.5, 0.6) is 0 Å². The third-order valence-electron chi connectivity index (χ3n) is 7.28. The maximum absolute atomic E-state index is 13.3. The van der Waals surface area contributed by atoms with E-state index in [2.05, 4.69) is 25.6 Å². The van der Waals surface area contributed by atoms with Crippen molar-refractivity contribution in [2.24, 2.45) is 0 Å². The minimum absolute atomic E-state index is 0.228. The summed E-state index contributed by atoms with van der Waals surface area (Å²) in [7, 11) is -3.46. The number of hydrogen-bond acceptors (Lipinski definition) is 7. The number of piperazine rings is 1. The molecule has 1 atom stereocenters. The van der Waals surface area contributed by atoms with Gasteiger partial charge in [0.05, 0.1) is 23.0 Å². The maximum Gasteiger partial charge on any atom is 0.321 e. The Bertz CT molecular complexity index is 1820. The first-order valence-electron chi connectivity index (χ1n) is 13.4. The van der Waals surface area contributed by atoms with Crippen LogP contribution in [0.1, 0.15) is 6.42 Å². The minimum atomic E-state index is -3.46. The van der Waals surface area contributed by atoms with Crippen molar-refractivity contribution in [3.05, 3.63) is 85.3 Å². The zero-order valence-corrected chi connectivity index (χ0v) is 23.3. The number of amides is 2. The second-order valence-corrected chi connectivity index (χ2v) is 11.9. The Hall–Kier alpha value is -4.55. The van der Waals surface area contributed by atoms with E-state index in [0.717, 1.165) is 27.5 Å². The fourth-order valence-corrected chi connectivity index (χ4v) is 6.41. The molecule has 0 saturated carbocycles. The Labute approximate surface area is 237 Å². The number of aromatic nitrogens is 4. The van der Waals surface area contributed by atoms with Gasteiger partial charge in [-0.2, -0.15) is 9.29 Å². The molecule has 3 heterocycles. The highest BCUT2D eigenvalue weighted by Crippen LogP contribution is 2.24. The monoisotopic (exact) mass is 570 g/mol. The summed E-state index contributed by atoms with van der Waals surface area (Å²) < 4.78 is 28.5. The average Bonchev–Trinajstić information content (AvgIpc) is 3.41. The smallest absolute Gasteiger partial charge is 0.321 e. The van der Waals surface area contributed by atoms with Crippen LogP contribution < -0.4 is 10.6 Å². The molecule has 1 aliphatic rings. The number of hydrogen-bond donors (Lipinski definition) is 2. The molecule has 1 unspecified atom stereocenters. The molecule has 2 amide bonds. The summed E-state index contributed by atoms with van der Waals surface area (Å²) in [6.45, 7) is 1.22. The summed E-state index contributed by atoms with van der Waals surface area (Å²) in [5.74, 6) is 1.09. The molecule has 5 aromatic rings. The fourth-order valence-electron chi connectivity index (χ4n) is 5.28. The van der Waals surface area contributed by atoms with E-state index in [1.165, 1.54) is 10.6 Å². The molecule has 2 N–H and O–H groups in total. The number of imidazole rings is 1. The van der Waals surface area contributed by atoms with Crippen LogP contribution in [0.3, 0.4) is 0 Å². The predicted molar refractivity (Wildman–Crippen MR) is 160 cm³/mol. The number of carbonyl (C=O) groups is 1. The lowest BCUT2D eigenvalue weighted by Gasteiger charge is -2.40. The standard InChI is InChI=1S/C29H30N8O3S/c1-41(39,40)37-18-17-35(29(38)33-24-11-6-8-21-7-2-3-9-23(21)24)19-22(37)13-15-30-28-31-16-14-27(34-28)36-20-32-25-10-4-5-12-26(25)36/h2-12,14,16,20,22H,13,15,17-19H2,1H3,(H,33,38)(H,30,31,34). The van der Waals surface area contributed by atoms with Gasteiger partial charge in [0.25, 0.3) is 0 Å². The largest absolute Gasteiger partial charge is 0.354 e. The summed E-state index contributed by atoms with van der Waals surface area (Å²) in [5.41, 5.74) is 2.53. The third-order valence-corrected chi connectivity index (χ3v) is 8.61. The van der Waals surface area contributed by atoms with Crippen molar-refractivity contribution < 1.29 is 13.2 Å². The van der Waals surface area contributed by atoms with Gasteiger partial charge in [-0.25, -0.2) is 23.2 Å². The maximum atomic E-state index is 13.3. The lowest BCUT2D eigenvalue weighted by Crippen LogP contribution is -2.57. The molecule has 1 aliphatic heterocycles. The Kier molecular flexibility index (Phi) is 7.25. The van der Waals surface area contributed by atoms with Crippen LogP contribution in [0.15, 0.2) is 85.3 Å². The molecule has 0 radical (unpaired) electrons. The van der Waals surface area contributed by atoms with E-state index in [4.69, 9.17) is 0 Å². The Balaban J connectivity index is 1.13. The first-order chi connectivity index (χ1) is 19.9. The van der Waals surface area contributed by atoms with E-state index < -0.39 is 16.1 Å². The van der Waals surface area contributed by atoms with E-state index >= 15 is 0 Å². The lowest BCUT2D eigenvalue weighted by molar-refractivity contribution is 0.148. The first kappa shape index (κ1) is 26.7. The summed E-state index contributed by atoms with van der Waals surface area (Å²) in [5, 5.41) is 8.22. The number of benzene rings is 3. The van der Waals surface area contributed by atoms with Crippen LogP contribution in [0.4, 0.5) is 16.4 Å². The van der Waals surface area contributed by atoms with Gasteiger partial charge in [0.15, 0.2) is 0 Å². The predicted octanol–water partition coefficient (Wildman–Crippen LogP) is 3.95. The van der Waals surface area contributed by atoms with Crippen LogP contribution in [-0.4, -0.2) is 81.6 Å². The van der Waals surface area contributed by atoms with E-state index in [0.29, 0.717) is 31.3 Å². The SMILES string of the molecule is CS(=O)(=O)N1CCN(C(=O)Nc2cccc3ccccc23)CC1CCNc1nccc(-n2cnc3ccccc32)n1. The van der Waals surface area contributed by atoms with Crippen molar-refractivity contribution in [3.8, 4) is 5.82 Å². The number of sulfonamides is 1. The lowest BCUT2D eigenvalue weighted by atomic mass is 10.1. The van der Waals surface area contributed by atoms with E-state index in [-0.39, 0.29) is 19.1 Å². The Morgan fingerprint density at radius 2 is 1.78 bits per heavy atom. The normalized spacial score (nSPS) is 16.2. The van der Waals surface area contributed by atoms with Gasteiger partial charge in [-0.05, 0) is 36.1 Å². The van der Waals surface area contributed by atoms with Gasteiger partial charge in [0.1, 0.15) is 12.1 Å². The number of rotatable bonds is 7. The number of para-hydroxylation sites is 2. The minimum Gasteiger partial charge on any atom is -0.354 e. The number of nitrogens with one attached hydrogen (secondary N) is 2. The summed E-state index contributed by atoms with van der Waals surface area (Å²) in [6.07, 6.45) is 5.07. The van der Waals surface area contributed by atoms with Crippen molar-refractivity contribution >= 4 is 49.5 Å². The number of carbonyl (C=O) groups excluding carboxylic acids is 1. The number of anilines is 2. The van der Waals surface area contributed by atoms with Crippen LogP contribution in [0, 0.1) is 0 Å². The number of fused-ring (bicyclic) bond motifs is 2. The van der Waals surface area contributed by atoms with Crippen molar-refractivity contribution in [1.82, 2.24) is 28.7 Å². The van der Waals surface area contributed by atoms with Gasteiger partial charge in [-0.3, -0.25) is 4.57 Å². The fraction of sp³-hybridized carbons (Fsp3) is 0.241. The highest BCUT2D eigenvalue weighted by Gasteiger charge is 2.34. The molecule has 3 aromatic carbocycles. The van der Waals surface area contributed by atoms with Gasteiger partial charge < -0.3 is 15.5 Å². The van der Waals surface area contributed by atoms with E-state index in [1.54, 1.807) is 23.5 Å². The first-order valence-corrected chi connectivity index (χ1v) is 15.2. The number of urea groups is 1. The van der Waals surface area contributed by atoms with Crippen LogP contribution in [-0.2, 0) is 10.0 Å². The molecule has 0 aliphatic carbocycles. The molecule has 2 aromatic heterocycles. The molecule has 0 spiro atoms. The van der Waals surface area contributed by atoms with Crippen molar-refractivity contribution in [2.75, 3.05) is 43.1 Å². The van der Waals surface area contributed by atoms with Crippen molar-refractivity contribution in [2.45, 2.75) is 12.5 Å². The van der Waals surface area contributed by atoms with Crippen LogP contribution >= 0.6 is 0 Å². The van der Waals surface area contributed by atoms with Crippen molar-refractivity contribution in [3.63, 3.8) is 0 Å². The van der Waals surface area contributed by atoms with Gasteiger partial charge in [-0.1, -0.05) is 48.5 Å². The molecule has 210 valence electrons. The second kappa shape index (κ2) is 11.1. The Morgan fingerprint density at radius 1 is 0.976 bits per heavy atom. The highest BCUT2D eigenvalue weighted by molar-refractivity contribution is 7.88. The summed E-state index contributed by atoms with van der Waals surface area (Å²) in [6, 6.07) is 22.6. The molecular formula is C29H30N8O3S. The number of nitrogens with zero attached hydrogens (tertiary/aromatic N) is 6. The average molecular weight is 571 g/mol. The van der Waals surface area contributed by atoms with Crippen molar-refractivity contribution in [1.29, 1.82) is 0 Å². The topological polar surface area (TPSA) is 125 Å². The molecule has 12 heteroatoms. The van der Waals surface area contributed by atoms with Gasteiger partial charge in [0.2, 0.25) is 16.0 Å². The van der Waals surface area contributed by atoms with Gasteiger partial charge in [0, 0.05) is 43.8 Å². The van der Waals surface area contributed by atoms with Crippen LogP contribution in [0.2, 0.25) is 0 Å². The zero-order valence-electron chi connectivity index (χ0n) is 22.5. The highest BCUT2D eigenvalue weighted by atomic mass is 32.2. The van der Waals surface area contributed by atoms with E-state index in [1.807, 2.05) is 71.3 Å². The summed E-state index contributed by atoms with van der Waals surface area (Å²) >= 11 is 0. The van der Waals surface area contributed by atoms with E-state index in [9.17, 15) is 13.2 Å². The molecule has 0 bridgehead atoms. The third kappa shape index (κ3) is 5.70. The quantitative estimate of drug-likeness (QED) is 0.304. The Morgan fingerprint density at radius 3 is 2.66 bits per heavy atom. The molecule has 1 saturated heterocycles. The molecular weight excluding hydrogens is 540 g/mol. The van der Waals surface area contributed by atoms with Gasteiger partial charge in [-0.15, -0.1) is 0 Å². The van der Waals surface area contributed by atoms with Gasteiger partial charge >= 0.3 is 6.03 Å². The molecule has 6 rings (SSSR count). The summed E-state index contributed by atoms with van der Waals surface area (Å²) in [4.78, 5) is 28.3. The molecule has 11 nitrogen and oxygen atoms in total. The second-order valence-electron chi connectivity index (χ2n) is 9.99.